The summed E-state index contributed by atoms with van der Waals surface area (Å²) >= 11 is 0. The largest absolute Gasteiger partial charge is 0.479 e. The molecule has 8 heteroatoms. The molecule has 2 atom stereocenters. The van der Waals surface area contributed by atoms with E-state index in [0.717, 1.165) is 0 Å². The SMILES string of the molecule is Cc1oc(-c2ccco2)nc1CC(=O)N1CC(C(=O)O)O[C@H](C)C1. The van der Waals surface area contributed by atoms with Crippen LogP contribution in [0.5, 0.6) is 0 Å². The molecule has 1 fully saturated rings. The molecule has 1 amide bonds. The zero-order chi connectivity index (χ0) is 17.3. The Morgan fingerprint density at radius 3 is 2.88 bits per heavy atom. The van der Waals surface area contributed by atoms with Crippen molar-refractivity contribution in [2.24, 2.45) is 0 Å². The Balaban J connectivity index is 1.71. The van der Waals surface area contributed by atoms with Gasteiger partial charge in [-0.2, -0.15) is 0 Å². The molecule has 1 aliphatic rings. The van der Waals surface area contributed by atoms with Crippen LogP contribution < -0.4 is 0 Å². The molecule has 2 aromatic heterocycles. The van der Waals surface area contributed by atoms with Gasteiger partial charge in [0.25, 0.3) is 5.89 Å². The van der Waals surface area contributed by atoms with E-state index in [2.05, 4.69) is 4.98 Å². The number of aliphatic carboxylic acids is 1. The van der Waals surface area contributed by atoms with Crippen molar-refractivity contribution < 1.29 is 28.3 Å². The van der Waals surface area contributed by atoms with Crippen LogP contribution in [0.4, 0.5) is 0 Å². The van der Waals surface area contributed by atoms with Crippen molar-refractivity contribution in [1.82, 2.24) is 9.88 Å². The van der Waals surface area contributed by atoms with Crippen LogP contribution in [0.2, 0.25) is 0 Å². The fraction of sp³-hybridized carbons (Fsp3) is 0.438. The van der Waals surface area contributed by atoms with E-state index in [1.165, 1.54) is 11.2 Å². The first-order chi connectivity index (χ1) is 11.4. The average Bonchev–Trinajstić information content (AvgIpc) is 3.17. The second kappa shape index (κ2) is 6.48. The van der Waals surface area contributed by atoms with E-state index in [0.29, 0.717) is 29.6 Å². The molecule has 1 saturated heterocycles. The molecule has 0 radical (unpaired) electrons. The van der Waals surface area contributed by atoms with Crippen molar-refractivity contribution in [2.75, 3.05) is 13.1 Å². The lowest BCUT2D eigenvalue weighted by Crippen LogP contribution is -2.52. The highest BCUT2D eigenvalue weighted by molar-refractivity contribution is 5.80. The van der Waals surface area contributed by atoms with Gasteiger partial charge in [-0.3, -0.25) is 4.79 Å². The summed E-state index contributed by atoms with van der Waals surface area (Å²) in [7, 11) is 0. The number of nitrogens with zero attached hydrogens (tertiary/aromatic N) is 2. The number of carboxylic acids is 1. The summed E-state index contributed by atoms with van der Waals surface area (Å²) in [5, 5.41) is 9.10. The maximum Gasteiger partial charge on any atom is 0.334 e. The quantitative estimate of drug-likeness (QED) is 0.902. The lowest BCUT2D eigenvalue weighted by molar-refractivity contribution is -0.166. The van der Waals surface area contributed by atoms with Gasteiger partial charge in [0, 0.05) is 6.54 Å². The minimum atomic E-state index is -1.07. The number of carbonyl (C=O) groups is 2. The molecule has 0 aliphatic carbocycles. The van der Waals surface area contributed by atoms with Crippen molar-refractivity contribution in [2.45, 2.75) is 32.5 Å². The number of oxazole rings is 1. The predicted molar refractivity (Wildman–Crippen MR) is 81.2 cm³/mol. The molecular weight excluding hydrogens is 316 g/mol. The Labute approximate surface area is 138 Å². The van der Waals surface area contributed by atoms with E-state index >= 15 is 0 Å². The summed E-state index contributed by atoms with van der Waals surface area (Å²) in [6.07, 6.45) is 0.214. The monoisotopic (exact) mass is 334 g/mol. The van der Waals surface area contributed by atoms with Crippen LogP contribution in [0.3, 0.4) is 0 Å². The molecule has 3 heterocycles. The van der Waals surface area contributed by atoms with Crippen LogP contribution in [-0.2, 0) is 20.7 Å². The van der Waals surface area contributed by atoms with E-state index in [1.807, 2.05) is 0 Å². The minimum Gasteiger partial charge on any atom is -0.479 e. The Kier molecular flexibility index (Phi) is 4.39. The van der Waals surface area contributed by atoms with Crippen molar-refractivity contribution in [3.63, 3.8) is 0 Å². The smallest absolute Gasteiger partial charge is 0.334 e. The van der Waals surface area contributed by atoms with Crippen molar-refractivity contribution in [3.8, 4) is 11.7 Å². The van der Waals surface area contributed by atoms with Gasteiger partial charge in [0.1, 0.15) is 5.76 Å². The maximum atomic E-state index is 12.5. The van der Waals surface area contributed by atoms with Gasteiger partial charge in [-0.25, -0.2) is 9.78 Å². The van der Waals surface area contributed by atoms with E-state index in [1.54, 1.807) is 26.0 Å². The summed E-state index contributed by atoms with van der Waals surface area (Å²) < 4.78 is 16.1. The standard InChI is InChI=1S/C16H18N2O6/c1-9-7-18(8-13(23-9)16(20)21)14(19)6-11-10(2)24-15(17-11)12-4-3-5-22-12/h3-5,9,13H,6-8H2,1-2H3,(H,20,21)/t9-,13?/m1/s1. The number of hydrogen-bond donors (Lipinski definition) is 1. The zero-order valence-electron chi connectivity index (χ0n) is 13.4. The molecule has 0 spiro atoms. The molecule has 2 aromatic rings. The summed E-state index contributed by atoms with van der Waals surface area (Å²) in [6, 6.07) is 3.44. The molecule has 1 unspecified atom stereocenters. The van der Waals surface area contributed by atoms with Crippen LogP contribution in [0.1, 0.15) is 18.4 Å². The van der Waals surface area contributed by atoms with E-state index in [4.69, 9.17) is 18.7 Å². The second-order valence-electron chi connectivity index (χ2n) is 5.75. The first-order valence-corrected chi connectivity index (χ1v) is 7.60. The van der Waals surface area contributed by atoms with Crippen LogP contribution in [0, 0.1) is 6.92 Å². The summed E-state index contributed by atoms with van der Waals surface area (Å²) in [5.41, 5.74) is 0.511. The number of carboxylic acid groups (broad SMARTS) is 1. The number of aryl methyl sites for hydroxylation is 1. The van der Waals surface area contributed by atoms with Gasteiger partial charge >= 0.3 is 5.97 Å². The summed E-state index contributed by atoms with van der Waals surface area (Å²) in [6.45, 7) is 3.85. The van der Waals surface area contributed by atoms with Crippen LogP contribution in [-0.4, -0.2) is 52.2 Å². The van der Waals surface area contributed by atoms with E-state index in [9.17, 15) is 9.59 Å². The number of furan rings is 1. The fourth-order valence-corrected chi connectivity index (χ4v) is 2.64. The van der Waals surface area contributed by atoms with E-state index < -0.39 is 12.1 Å². The van der Waals surface area contributed by atoms with Gasteiger partial charge in [0.05, 0.1) is 31.0 Å². The maximum absolute atomic E-state index is 12.5. The number of morpholine rings is 1. The molecule has 0 bridgehead atoms. The number of hydrogen-bond acceptors (Lipinski definition) is 6. The van der Waals surface area contributed by atoms with Crippen molar-refractivity contribution >= 4 is 11.9 Å². The lowest BCUT2D eigenvalue weighted by Gasteiger charge is -2.34. The molecule has 0 saturated carbocycles. The van der Waals surface area contributed by atoms with Gasteiger partial charge in [-0.05, 0) is 26.0 Å². The predicted octanol–water partition coefficient (Wildman–Crippen LogP) is 1.49. The number of amides is 1. The number of carbonyl (C=O) groups excluding carboxylic acids is 1. The van der Waals surface area contributed by atoms with Crippen molar-refractivity contribution in [3.05, 3.63) is 29.9 Å². The Bertz CT molecular complexity index is 736. The van der Waals surface area contributed by atoms with Gasteiger partial charge < -0.3 is 23.6 Å². The van der Waals surface area contributed by atoms with E-state index in [-0.39, 0.29) is 25.0 Å². The highest BCUT2D eigenvalue weighted by atomic mass is 16.5. The lowest BCUT2D eigenvalue weighted by atomic mass is 10.2. The van der Waals surface area contributed by atoms with Gasteiger partial charge in [-0.1, -0.05) is 0 Å². The first-order valence-electron chi connectivity index (χ1n) is 7.60. The molecule has 24 heavy (non-hydrogen) atoms. The van der Waals surface area contributed by atoms with Crippen LogP contribution in [0.25, 0.3) is 11.7 Å². The van der Waals surface area contributed by atoms with Crippen LogP contribution >= 0.6 is 0 Å². The highest BCUT2D eigenvalue weighted by Crippen LogP contribution is 2.23. The molecule has 1 N–H and O–H groups in total. The molecular formula is C16H18N2O6. The summed E-state index contributed by atoms with van der Waals surface area (Å²) in [4.78, 5) is 29.4. The topological polar surface area (TPSA) is 106 Å². The fourth-order valence-electron chi connectivity index (χ4n) is 2.64. The Morgan fingerprint density at radius 1 is 1.42 bits per heavy atom. The zero-order valence-corrected chi connectivity index (χ0v) is 13.4. The van der Waals surface area contributed by atoms with Gasteiger partial charge in [0.2, 0.25) is 5.91 Å². The third-order valence-corrected chi connectivity index (χ3v) is 3.83. The highest BCUT2D eigenvalue weighted by Gasteiger charge is 2.33. The number of aromatic nitrogens is 1. The minimum absolute atomic E-state index is 0.0282. The molecule has 1 aliphatic heterocycles. The first kappa shape index (κ1) is 16.3. The molecule has 128 valence electrons. The number of rotatable bonds is 4. The Hall–Kier alpha value is -2.61. The number of ether oxygens (including phenoxy) is 1. The molecule has 0 aromatic carbocycles. The van der Waals surface area contributed by atoms with Gasteiger partial charge in [-0.15, -0.1) is 0 Å². The molecule has 8 nitrogen and oxygen atoms in total. The van der Waals surface area contributed by atoms with Crippen molar-refractivity contribution in [1.29, 1.82) is 0 Å². The Morgan fingerprint density at radius 2 is 2.21 bits per heavy atom. The molecule has 3 rings (SSSR count). The third kappa shape index (κ3) is 3.33. The van der Waals surface area contributed by atoms with Gasteiger partial charge in [0.15, 0.2) is 11.9 Å². The summed E-state index contributed by atoms with van der Waals surface area (Å²) in [5.74, 6) is 0.0588. The third-order valence-electron chi connectivity index (χ3n) is 3.83. The average molecular weight is 334 g/mol. The normalized spacial score (nSPS) is 21.0. The van der Waals surface area contributed by atoms with Crippen LogP contribution in [0.15, 0.2) is 27.2 Å². The second-order valence-corrected chi connectivity index (χ2v) is 5.75.